The highest BCUT2D eigenvalue weighted by Crippen LogP contribution is 2.42. The Bertz CT molecular complexity index is 1210. The first-order chi connectivity index (χ1) is 18.7. The summed E-state index contributed by atoms with van der Waals surface area (Å²) in [5.41, 5.74) is 8.45. The molecule has 2 aromatic rings. The molecule has 0 N–H and O–H groups in total. The van der Waals surface area contributed by atoms with Crippen LogP contribution in [0.1, 0.15) is 132 Å². The Labute approximate surface area is 243 Å². The molecule has 0 aromatic heterocycles. The monoisotopic (exact) mass is 544 g/mol. The smallest absolute Gasteiger partial charge is 0.163 e. The van der Waals surface area contributed by atoms with Crippen molar-refractivity contribution in [3.05, 3.63) is 58.1 Å². The Morgan fingerprint density at radius 1 is 1.02 bits per heavy atom. The number of carbonyl (C=O) groups is 3. The minimum Gasteiger partial charge on any atom is -0.300 e. The van der Waals surface area contributed by atoms with Crippen molar-refractivity contribution in [1.29, 1.82) is 0 Å². The van der Waals surface area contributed by atoms with Crippen molar-refractivity contribution in [3.63, 3.8) is 0 Å². The van der Waals surface area contributed by atoms with Gasteiger partial charge in [0.15, 0.2) is 5.78 Å². The van der Waals surface area contributed by atoms with Crippen LogP contribution in [0.5, 0.6) is 0 Å². The first-order valence-corrected chi connectivity index (χ1v) is 15.6. The van der Waals surface area contributed by atoms with Crippen LogP contribution in [-0.4, -0.2) is 17.3 Å². The molecule has 0 bridgehead atoms. The minimum atomic E-state index is -0.102. The van der Waals surface area contributed by atoms with E-state index in [-0.39, 0.29) is 46.9 Å². The molecule has 2 aromatic carbocycles. The van der Waals surface area contributed by atoms with Gasteiger partial charge in [0.2, 0.25) is 0 Å². The van der Waals surface area contributed by atoms with E-state index in [1.54, 1.807) is 0 Å². The Hall–Kier alpha value is -2.55. The highest BCUT2D eigenvalue weighted by atomic mass is 16.1. The minimum absolute atomic E-state index is 0.0296. The molecular formula is C37H52O3. The number of hydrogen-bond acceptors (Lipinski definition) is 3. The average Bonchev–Trinajstić information content (AvgIpc) is 2.83. The fourth-order valence-corrected chi connectivity index (χ4v) is 7.06. The standard InChI is InChI=1S/C37H52O3/c1-10-12-29(30(11-2)34(39)17-24(5)38)18-27-19-33-31(23(3)4)21-32(25(6)36(33)35(40)20-27)28-15-13-26(14-16-28)22-37(7,8)9/h13-16,21,23,27,29-30H,10-12,17-20,22H2,1-9H3. The van der Waals surface area contributed by atoms with Crippen LogP contribution in [0.4, 0.5) is 0 Å². The van der Waals surface area contributed by atoms with Crippen LogP contribution in [0.2, 0.25) is 0 Å². The highest BCUT2D eigenvalue weighted by molar-refractivity contribution is 6.02. The van der Waals surface area contributed by atoms with Crippen molar-refractivity contribution in [1.82, 2.24) is 0 Å². The van der Waals surface area contributed by atoms with Crippen LogP contribution < -0.4 is 0 Å². The second-order valence-corrected chi connectivity index (χ2v) is 13.9. The maximum Gasteiger partial charge on any atom is 0.163 e. The van der Waals surface area contributed by atoms with Gasteiger partial charge in [0, 0.05) is 17.9 Å². The van der Waals surface area contributed by atoms with Crippen molar-refractivity contribution in [2.24, 2.45) is 23.2 Å². The van der Waals surface area contributed by atoms with Gasteiger partial charge in [-0.25, -0.2) is 0 Å². The summed E-state index contributed by atoms with van der Waals surface area (Å²) < 4.78 is 0. The van der Waals surface area contributed by atoms with E-state index in [0.717, 1.165) is 49.7 Å². The van der Waals surface area contributed by atoms with Crippen molar-refractivity contribution in [3.8, 4) is 11.1 Å². The molecule has 1 aliphatic rings. The molecule has 3 heteroatoms. The van der Waals surface area contributed by atoms with E-state index in [1.807, 2.05) is 0 Å². The molecule has 3 rings (SSSR count). The van der Waals surface area contributed by atoms with Crippen LogP contribution in [0, 0.1) is 30.1 Å². The van der Waals surface area contributed by atoms with Crippen molar-refractivity contribution >= 4 is 17.3 Å². The quantitative estimate of drug-likeness (QED) is 0.250. The van der Waals surface area contributed by atoms with E-state index in [4.69, 9.17) is 0 Å². The molecule has 0 radical (unpaired) electrons. The van der Waals surface area contributed by atoms with Gasteiger partial charge in [0.25, 0.3) is 0 Å². The lowest BCUT2D eigenvalue weighted by atomic mass is 9.70. The van der Waals surface area contributed by atoms with E-state index in [1.165, 1.54) is 34.7 Å². The van der Waals surface area contributed by atoms with Gasteiger partial charge in [-0.15, -0.1) is 0 Å². The topological polar surface area (TPSA) is 51.2 Å². The van der Waals surface area contributed by atoms with Gasteiger partial charge in [-0.1, -0.05) is 91.6 Å². The van der Waals surface area contributed by atoms with Crippen LogP contribution in [-0.2, 0) is 22.4 Å². The molecule has 0 heterocycles. The fraction of sp³-hybridized carbons (Fsp3) is 0.595. The summed E-state index contributed by atoms with van der Waals surface area (Å²) in [6.45, 7) is 19.1. The summed E-state index contributed by atoms with van der Waals surface area (Å²) in [5, 5.41) is 0. The number of carbonyl (C=O) groups excluding carboxylic acids is 3. The second kappa shape index (κ2) is 13.4. The summed E-state index contributed by atoms with van der Waals surface area (Å²) in [6, 6.07) is 11.2. The molecule has 3 atom stereocenters. The lowest BCUT2D eigenvalue weighted by Gasteiger charge is -2.33. The van der Waals surface area contributed by atoms with Gasteiger partial charge < -0.3 is 0 Å². The van der Waals surface area contributed by atoms with Crippen LogP contribution in [0.25, 0.3) is 11.1 Å². The number of Topliss-reactive ketones (excluding diaryl/α,β-unsaturated/α-hetero) is 3. The van der Waals surface area contributed by atoms with Gasteiger partial charge in [-0.3, -0.25) is 14.4 Å². The zero-order valence-corrected chi connectivity index (χ0v) is 26.6. The summed E-state index contributed by atoms with van der Waals surface area (Å²) in [7, 11) is 0. The lowest BCUT2D eigenvalue weighted by molar-refractivity contribution is -0.129. The van der Waals surface area contributed by atoms with Crippen LogP contribution in [0.15, 0.2) is 30.3 Å². The van der Waals surface area contributed by atoms with Gasteiger partial charge in [0.05, 0.1) is 6.42 Å². The molecule has 3 unspecified atom stereocenters. The molecule has 3 nitrogen and oxygen atoms in total. The van der Waals surface area contributed by atoms with Crippen LogP contribution >= 0.6 is 0 Å². The van der Waals surface area contributed by atoms with Crippen molar-refractivity contribution in [2.45, 2.75) is 120 Å². The SMILES string of the molecule is CCCC(CC1CC(=O)c2c(C)c(-c3ccc(CC(C)(C)C)cc3)cc(C(C)C)c2C1)C(CC)C(=O)CC(C)=O. The van der Waals surface area contributed by atoms with E-state index < -0.39 is 0 Å². The third-order valence-electron chi connectivity index (χ3n) is 8.74. The van der Waals surface area contributed by atoms with E-state index in [0.29, 0.717) is 12.3 Å². The van der Waals surface area contributed by atoms with Crippen molar-refractivity contribution in [2.75, 3.05) is 0 Å². The molecule has 0 fully saturated rings. The molecule has 0 spiro atoms. The number of ketones is 3. The summed E-state index contributed by atoms with van der Waals surface area (Å²) in [6.07, 6.45) is 6.07. The number of hydrogen-bond donors (Lipinski definition) is 0. The van der Waals surface area contributed by atoms with Gasteiger partial charge in [0.1, 0.15) is 11.6 Å². The predicted molar refractivity (Wildman–Crippen MR) is 167 cm³/mol. The predicted octanol–water partition coefficient (Wildman–Crippen LogP) is 9.50. The first kappa shape index (κ1) is 32.0. The number of benzene rings is 2. The molecular weight excluding hydrogens is 492 g/mol. The van der Waals surface area contributed by atoms with Gasteiger partial charge in [-0.05, 0) is 96.1 Å². The molecule has 218 valence electrons. The Morgan fingerprint density at radius 3 is 2.20 bits per heavy atom. The zero-order valence-electron chi connectivity index (χ0n) is 26.6. The molecule has 0 saturated carbocycles. The fourth-order valence-electron chi connectivity index (χ4n) is 7.06. The number of fused-ring (bicyclic) bond motifs is 1. The molecule has 40 heavy (non-hydrogen) atoms. The average molecular weight is 545 g/mol. The normalized spacial score (nSPS) is 17.1. The summed E-state index contributed by atoms with van der Waals surface area (Å²) in [5.74, 6) is 0.924. The van der Waals surface area contributed by atoms with Crippen LogP contribution in [0.3, 0.4) is 0 Å². The van der Waals surface area contributed by atoms with E-state index in [2.05, 4.69) is 85.7 Å². The first-order valence-electron chi connectivity index (χ1n) is 15.6. The largest absolute Gasteiger partial charge is 0.300 e. The Balaban J connectivity index is 1.95. The Morgan fingerprint density at radius 2 is 1.68 bits per heavy atom. The molecule has 0 saturated heterocycles. The molecule has 0 aliphatic heterocycles. The van der Waals surface area contributed by atoms with Crippen molar-refractivity contribution < 1.29 is 14.4 Å². The van der Waals surface area contributed by atoms with E-state index in [9.17, 15) is 14.4 Å². The van der Waals surface area contributed by atoms with E-state index >= 15 is 0 Å². The summed E-state index contributed by atoms with van der Waals surface area (Å²) >= 11 is 0. The Kier molecular flexibility index (Phi) is 10.7. The summed E-state index contributed by atoms with van der Waals surface area (Å²) in [4.78, 5) is 38.5. The molecule has 0 amide bonds. The maximum atomic E-state index is 13.8. The second-order valence-electron chi connectivity index (χ2n) is 13.9. The third kappa shape index (κ3) is 7.80. The third-order valence-corrected chi connectivity index (χ3v) is 8.74. The zero-order chi connectivity index (χ0) is 29.8. The van der Waals surface area contributed by atoms with Gasteiger partial charge >= 0.3 is 0 Å². The number of rotatable bonds is 12. The molecule has 1 aliphatic carbocycles. The maximum absolute atomic E-state index is 13.8. The highest BCUT2D eigenvalue weighted by Gasteiger charge is 2.34. The van der Waals surface area contributed by atoms with Gasteiger partial charge in [-0.2, -0.15) is 0 Å². The lowest BCUT2D eigenvalue weighted by Crippen LogP contribution is -2.30.